The van der Waals surface area contributed by atoms with Gasteiger partial charge in [0, 0.05) is 6.04 Å². The predicted molar refractivity (Wildman–Crippen MR) is 71.1 cm³/mol. The van der Waals surface area contributed by atoms with Crippen LogP contribution in [0.15, 0.2) is 30.3 Å². The van der Waals surface area contributed by atoms with Crippen LogP contribution in [0.4, 0.5) is 4.79 Å². The Labute approximate surface area is 109 Å². The highest BCUT2D eigenvalue weighted by molar-refractivity contribution is 5.67. The molecule has 0 aromatic heterocycles. The molecular weight excluding hydrogens is 226 g/mol. The number of carbonyl (C=O) groups is 1. The summed E-state index contributed by atoms with van der Waals surface area (Å²) in [5.41, 5.74) is 1.01. The average Bonchev–Trinajstić information content (AvgIpc) is 3.18. The molecule has 2 rings (SSSR count). The number of hydrogen-bond donors (Lipinski definition) is 1. The van der Waals surface area contributed by atoms with Crippen LogP contribution < -0.4 is 5.32 Å². The van der Waals surface area contributed by atoms with Gasteiger partial charge in [0.05, 0.1) is 0 Å². The Morgan fingerprint density at radius 1 is 1.33 bits per heavy atom. The van der Waals surface area contributed by atoms with E-state index in [4.69, 9.17) is 4.74 Å². The smallest absolute Gasteiger partial charge is 0.407 e. The van der Waals surface area contributed by atoms with Crippen molar-refractivity contribution in [3.05, 3.63) is 35.9 Å². The van der Waals surface area contributed by atoms with Crippen molar-refractivity contribution in [2.75, 3.05) is 0 Å². The van der Waals surface area contributed by atoms with Gasteiger partial charge in [0.15, 0.2) is 0 Å². The summed E-state index contributed by atoms with van der Waals surface area (Å²) in [6.07, 6.45) is 2.15. The molecule has 1 saturated carbocycles. The van der Waals surface area contributed by atoms with E-state index in [1.54, 1.807) is 0 Å². The molecule has 18 heavy (non-hydrogen) atoms. The molecule has 1 N–H and O–H groups in total. The summed E-state index contributed by atoms with van der Waals surface area (Å²) >= 11 is 0. The summed E-state index contributed by atoms with van der Waals surface area (Å²) in [5.74, 6) is 1.11. The molecular formula is C15H21NO2. The number of rotatable bonds is 5. The van der Waals surface area contributed by atoms with Gasteiger partial charge in [-0.25, -0.2) is 4.79 Å². The second kappa shape index (κ2) is 5.89. The maximum atomic E-state index is 11.7. The first-order valence-electron chi connectivity index (χ1n) is 6.64. The third-order valence-corrected chi connectivity index (χ3v) is 3.35. The zero-order chi connectivity index (χ0) is 13.0. The number of hydrogen-bond acceptors (Lipinski definition) is 2. The lowest BCUT2D eigenvalue weighted by atomic mass is 10.00. The maximum absolute atomic E-state index is 11.7. The molecule has 3 heteroatoms. The minimum absolute atomic E-state index is 0.258. The van der Waals surface area contributed by atoms with Crippen molar-refractivity contribution < 1.29 is 9.53 Å². The van der Waals surface area contributed by atoms with Crippen LogP contribution >= 0.6 is 0 Å². The quantitative estimate of drug-likeness (QED) is 0.866. The Morgan fingerprint density at radius 2 is 2.00 bits per heavy atom. The average molecular weight is 247 g/mol. The van der Waals surface area contributed by atoms with E-state index in [2.05, 4.69) is 19.2 Å². The second-order valence-electron chi connectivity index (χ2n) is 5.31. The van der Waals surface area contributed by atoms with E-state index in [0.29, 0.717) is 18.4 Å². The van der Waals surface area contributed by atoms with Crippen LogP contribution in [0, 0.1) is 11.8 Å². The molecule has 0 spiro atoms. The molecule has 0 bridgehead atoms. The summed E-state index contributed by atoms with van der Waals surface area (Å²) in [7, 11) is 0. The van der Waals surface area contributed by atoms with Gasteiger partial charge in [-0.2, -0.15) is 0 Å². The fraction of sp³-hybridized carbons (Fsp3) is 0.533. The van der Waals surface area contributed by atoms with Gasteiger partial charge in [0.25, 0.3) is 0 Å². The Morgan fingerprint density at radius 3 is 2.56 bits per heavy atom. The van der Waals surface area contributed by atoms with Crippen molar-refractivity contribution in [1.82, 2.24) is 5.32 Å². The predicted octanol–water partition coefficient (Wildman–Crippen LogP) is 3.35. The van der Waals surface area contributed by atoms with E-state index < -0.39 is 0 Å². The molecule has 0 radical (unpaired) electrons. The number of benzene rings is 1. The van der Waals surface area contributed by atoms with E-state index >= 15 is 0 Å². The summed E-state index contributed by atoms with van der Waals surface area (Å²) < 4.78 is 5.24. The first kappa shape index (κ1) is 12.9. The Hall–Kier alpha value is -1.51. The molecule has 1 unspecified atom stereocenters. The number of ether oxygens (including phenoxy) is 1. The Balaban J connectivity index is 1.77. The van der Waals surface area contributed by atoms with Gasteiger partial charge in [-0.15, -0.1) is 0 Å². The zero-order valence-electron chi connectivity index (χ0n) is 11.1. The first-order chi connectivity index (χ1) is 8.66. The van der Waals surface area contributed by atoms with Crippen LogP contribution in [0.5, 0.6) is 0 Å². The summed E-state index contributed by atoms with van der Waals surface area (Å²) in [6.45, 7) is 4.61. The maximum Gasteiger partial charge on any atom is 0.407 e. The molecule has 1 aliphatic rings. The molecule has 0 aliphatic heterocycles. The van der Waals surface area contributed by atoms with Gasteiger partial charge in [0.2, 0.25) is 0 Å². The van der Waals surface area contributed by atoms with Crippen LogP contribution in [0.2, 0.25) is 0 Å². The monoisotopic (exact) mass is 247 g/mol. The van der Waals surface area contributed by atoms with Crippen molar-refractivity contribution >= 4 is 6.09 Å². The van der Waals surface area contributed by atoms with Gasteiger partial charge in [-0.3, -0.25) is 0 Å². The largest absolute Gasteiger partial charge is 0.445 e. The lowest BCUT2D eigenvalue weighted by Gasteiger charge is -2.21. The minimum atomic E-state index is -0.301. The first-order valence-corrected chi connectivity index (χ1v) is 6.64. The highest BCUT2D eigenvalue weighted by atomic mass is 16.5. The van der Waals surface area contributed by atoms with Crippen LogP contribution in [0.1, 0.15) is 32.3 Å². The zero-order valence-corrected chi connectivity index (χ0v) is 11.1. The lowest BCUT2D eigenvalue weighted by Crippen LogP contribution is -2.40. The number of nitrogens with one attached hydrogen (secondary N) is 1. The van der Waals surface area contributed by atoms with Gasteiger partial charge < -0.3 is 10.1 Å². The van der Waals surface area contributed by atoms with E-state index in [9.17, 15) is 4.79 Å². The van der Waals surface area contributed by atoms with Crippen LogP contribution in [-0.4, -0.2) is 12.1 Å². The normalized spacial score (nSPS) is 16.4. The molecule has 1 aliphatic carbocycles. The number of amides is 1. The summed E-state index contributed by atoms with van der Waals surface area (Å²) in [4.78, 5) is 11.7. The molecule has 0 saturated heterocycles. The van der Waals surface area contributed by atoms with Crippen molar-refractivity contribution in [1.29, 1.82) is 0 Å². The molecule has 1 fully saturated rings. The Bertz CT molecular complexity index is 383. The van der Waals surface area contributed by atoms with E-state index in [-0.39, 0.29) is 12.1 Å². The van der Waals surface area contributed by atoms with E-state index in [1.807, 2.05) is 30.3 Å². The number of alkyl carbamates (subject to hydrolysis) is 1. The Kier molecular flexibility index (Phi) is 4.24. The fourth-order valence-electron chi connectivity index (χ4n) is 2.19. The number of carbonyl (C=O) groups excluding carboxylic acids is 1. The van der Waals surface area contributed by atoms with Gasteiger partial charge in [0.1, 0.15) is 6.61 Å². The molecule has 1 amide bonds. The molecule has 98 valence electrons. The second-order valence-corrected chi connectivity index (χ2v) is 5.31. The summed E-state index contributed by atoms with van der Waals surface area (Å²) in [5, 5.41) is 2.99. The molecule has 1 atom stereocenters. The van der Waals surface area contributed by atoms with Crippen molar-refractivity contribution in [3.63, 3.8) is 0 Å². The van der Waals surface area contributed by atoms with E-state index in [1.165, 1.54) is 12.8 Å². The van der Waals surface area contributed by atoms with Crippen LogP contribution in [0.25, 0.3) is 0 Å². The van der Waals surface area contributed by atoms with Crippen LogP contribution in [-0.2, 0) is 11.3 Å². The lowest BCUT2D eigenvalue weighted by molar-refractivity contribution is 0.131. The third kappa shape index (κ3) is 3.76. The van der Waals surface area contributed by atoms with Crippen molar-refractivity contribution in [3.8, 4) is 0 Å². The van der Waals surface area contributed by atoms with Crippen LogP contribution in [0.3, 0.4) is 0 Å². The van der Waals surface area contributed by atoms with E-state index in [0.717, 1.165) is 5.56 Å². The molecule has 1 aromatic rings. The topological polar surface area (TPSA) is 38.3 Å². The fourth-order valence-corrected chi connectivity index (χ4v) is 2.19. The highest BCUT2D eigenvalue weighted by Crippen LogP contribution is 2.35. The summed E-state index contributed by atoms with van der Waals surface area (Å²) in [6, 6.07) is 10.00. The van der Waals surface area contributed by atoms with Gasteiger partial charge >= 0.3 is 6.09 Å². The standard InChI is InChI=1S/C15H21NO2/c1-11(2)14(13-8-9-13)16-15(17)18-10-12-6-4-3-5-7-12/h3-7,11,13-14H,8-10H2,1-2H3,(H,16,17). The van der Waals surface area contributed by atoms with Crippen molar-refractivity contribution in [2.45, 2.75) is 39.3 Å². The molecule has 0 heterocycles. The SMILES string of the molecule is CC(C)C(NC(=O)OCc1ccccc1)C1CC1. The van der Waals surface area contributed by atoms with Gasteiger partial charge in [-0.05, 0) is 30.2 Å². The third-order valence-electron chi connectivity index (χ3n) is 3.35. The van der Waals surface area contributed by atoms with Gasteiger partial charge in [-0.1, -0.05) is 44.2 Å². The highest BCUT2D eigenvalue weighted by Gasteiger charge is 2.34. The molecule has 3 nitrogen and oxygen atoms in total. The molecule has 1 aromatic carbocycles. The minimum Gasteiger partial charge on any atom is -0.445 e. The van der Waals surface area contributed by atoms with Crippen molar-refractivity contribution in [2.24, 2.45) is 11.8 Å².